The topological polar surface area (TPSA) is 105 Å². The molecule has 0 unspecified atom stereocenters. The summed E-state index contributed by atoms with van der Waals surface area (Å²) in [5, 5.41) is 24.6. The van der Waals surface area contributed by atoms with Crippen LogP contribution < -0.4 is 10.6 Å². The molecular formula is C20H24N4O3. The molecule has 0 spiro atoms. The van der Waals surface area contributed by atoms with E-state index in [1.54, 1.807) is 12.1 Å². The number of carbonyl (C=O) groups is 2. The normalized spacial score (nSPS) is 19.2. The van der Waals surface area contributed by atoms with Crippen molar-refractivity contribution in [1.29, 1.82) is 5.26 Å². The Bertz CT molecular complexity index is 752. The van der Waals surface area contributed by atoms with Gasteiger partial charge in [-0.1, -0.05) is 5.92 Å². The molecule has 7 heteroatoms. The molecule has 2 rings (SSSR count). The second kappa shape index (κ2) is 8.57. The molecule has 1 aromatic rings. The van der Waals surface area contributed by atoms with Crippen molar-refractivity contribution in [2.75, 3.05) is 18.4 Å². The fourth-order valence-corrected chi connectivity index (χ4v) is 2.97. The molecule has 1 fully saturated rings. The van der Waals surface area contributed by atoms with Crippen molar-refractivity contribution in [3.05, 3.63) is 29.8 Å². The molecule has 1 amide bonds. The molecule has 2 atom stereocenters. The highest BCUT2D eigenvalue weighted by Crippen LogP contribution is 2.23. The Balaban J connectivity index is 1.88. The van der Waals surface area contributed by atoms with Gasteiger partial charge >= 0.3 is 5.97 Å². The highest BCUT2D eigenvalue weighted by Gasteiger charge is 2.36. The average Bonchev–Trinajstić information content (AvgIpc) is 3.08. The van der Waals surface area contributed by atoms with Gasteiger partial charge in [0.25, 0.3) is 0 Å². The first-order chi connectivity index (χ1) is 12.8. The third-order valence-electron chi connectivity index (χ3n) is 4.60. The van der Waals surface area contributed by atoms with E-state index in [1.807, 2.05) is 13.8 Å². The number of carbonyl (C=O) groups excluding carboxylic acids is 1. The maximum atomic E-state index is 12.5. The van der Waals surface area contributed by atoms with Crippen LogP contribution in [0.5, 0.6) is 0 Å². The molecule has 0 radical (unpaired) electrons. The van der Waals surface area contributed by atoms with Gasteiger partial charge in [-0.25, -0.2) is 4.79 Å². The van der Waals surface area contributed by atoms with Crippen LogP contribution in [0, 0.1) is 23.7 Å². The fraction of sp³-hybridized carbons (Fsp3) is 0.450. The molecule has 1 aliphatic heterocycles. The summed E-state index contributed by atoms with van der Waals surface area (Å²) in [4.78, 5) is 24.9. The quantitative estimate of drug-likeness (QED) is 0.633. The van der Waals surface area contributed by atoms with Gasteiger partial charge in [0.1, 0.15) is 6.04 Å². The van der Waals surface area contributed by atoms with E-state index in [9.17, 15) is 14.9 Å². The van der Waals surface area contributed by atoms with Gasteiger partial charge in [0.2, 0.25) is 5.91 Å². The minimum absolute atomic E-state index is 0.0863. The standard InChI is InChI=1S/C20H24N4O3/c1-4-16-9-10-17(11-21)24(16)18(25)12-23-20(2,3)13-22-15-7-5-14(6-8-15)19(26)27/h1,5-8,16-17,22-23H,9-10,12-13H2,2-3H3,(H,26,27)/t16-,17-/m0/s1. The van der Waals surface area contributed by atoms with Gasteiger partial charge in [-0.15, -0.1) is 6.42 Å². The van der Waals surface area contributed by atoms with Crippen molar-refractivity contribution in [2.45, 2.75) is 44.3 Å². The van der Waals surface area contributed by atoms with Crippen LogP contribution in [-0.4, -0.2) is 52.6 Å². The van der Waals surface area contributed by atoms with Crippen LogP contribution in [0.25, 0.3) is 0 Å². The number of nitrogens with zero attached hydrogens (tertiary/aromatic N) is 2. The average molecular weight is 368 g/mol. The highest BCUT2D eigenvalue weighted by molar-refractivity contribution is 5.88. The van der Waals surface area contributed by atoms with Crippen LogP contribution in [0.15, 0.2) is 24.3 Å². The minimum atomic E-state index is -0.968. The Hall–Kier alpha value is -3.03. The molecule has 27 heavy (non-hydrogen) atoms. The molecule has 1 saturated heterocycles. The lowest BCUT2D eigenvalue weighted by molar-refractivity contribution is -0.131. The van der Waals surface area contributed by atoms with E-state index >= 15 is 0 Å². The summed E-state index contributed by atoms with van der Waals surface area (Å²) >= 11 is 0. The van der Waals surface area contributed by atoms with Gasteiger partial charge in [0, 0.05) is 17.8 Å². The molecule has 1 heterocycles. The second-order valence-electron chi connectivity index (χ2n) is 7.18. The SMILES string of the molecule is C#C[C@H]1CC[C@@H](C#N)N1C(=O)CNC(C)(C)CNc1ccc(C(=O)O)cc1. The Morgan fingerprint density at radius 2 is 1.93 bits per heavy atom. The number of benzene rings is 1. The Morgan fingerprint density at radius 1 is 1.30 bits per heavy atom. The number of nitriles is 1. The van der Waals surface area contributed by atoms with Gasteiger partial charge in [-0.2, -0.15) is 5.26 Å². The molecule has 0 aromatic heterocycles. The molecule has 0 saturated carbocycles. The van der Waals surface area contributed by atoms with Crippen molar-refractivity contribution in [2.24, 2.45) is 0 Å². The first-order valence-electron chi connectivity index (χ1n) is 8.76. The molecule has 142 valence electrons. The Labute approximate surface area is 159 Å². The van der Waals surface area contributed by atoms with E-state index in [0.29, 0.717) is 19.4 Å². The van der Waals surface area contributed by atoms with Gasteiger partial charge in [-0.3, -0.25) is 4.79 Å². The summed E-state index contributed by atoms with van der Waals surface area (Å²) in [5.41, 5.74) is 0.608. The zero-order valence-electron chi connectivity index (χ0n) is 15.5. The summed E-state index contributed by atoms with van der Waals surface area (Å²) in [7, 11) is 0. The summed E-state index contributed by atoms with van der Waals surface area (Å²) in [5.74, 6) is 1.44. The number of nitrogens with one attached hydrogen (secondary N) is 2. The maximum absolute atomic E-state index is 12.5. The zero-order chi connectivity index (χ0) is 20.0. The van der Waals surface area contributed by atoms with E-state index in [1.165, 1.54) is 17.0 Å². The van der Waals surface area contributed by atoms with Crippen LogP contribution >= 0.6 is 0 Å². The number of terminal acetylenes is 1. The Morgan fingerprint density at radius 3 is 2.48 bits per heavy atom. The molecular weight excluding hydrogens is 344 g/mol. The number of aromatic carboxylic acids is 1. The molecule has 0 aliphatic carbocycles. The predicted octanol–water partition coefficient (Wildman–Crippen LogP) is 1.68. The smallest absolute Gasteiger partial charge is 0.335 e. The van der Waals surface area contributed by atoms with Crippen molar-refractivity contribution in [1.82, 2.24) is 10.2 Å². The van der Waals surface area contributed by atoms with Gasteiger partial charge < -0.3 is 20.6 Å². The monoisotopic (exact) mass is 368 g/mol. The maximum Gasteiger partial charge on any atom is 0.335 e. The minimum Gasteiger partial charge on any atom is -0.478 e. The van der Waals surface area contributed by atoms with Gasteiger partial charge in [0.05, 0.1) is 24.2 Å². The van der Waals surface area contributed by atoms with Gasteiger partial charge in [0.15, 0.2) is 0 Å². The largest absolute Gasteiger partial charge is 0.478 e. The number of carboxylic acids is 1. The highest BCUT2D eigenvalue weighted by atomic mass is 16.4. The van der Waals surface area contributed by atoms with E-state index in [4.69, 9.17) is 11.5 Å². The number of carboxylic acid groups (broad SMARTS) is 1. The van der Waals surface area contributed by atoms with Crippen molar-refractivity contribution in [3.8, 4) is 18.4 Å². The molecule has 3 N–H and O–H groups in total. The first-order valence-corrected chi connectivity index (χ1v) is 8.76. The van der Waals surface area contributed by atoms with Crippen LogP contribution in [0.1, 0.15) is 37.0 Å². The van der Waals surface area contributed by atoms with Crippen LogP contribution in [0.2, 0.25) is 0 Å². The van der Waals surface area contributed by atoms with Crippen LogP contribution in [0.3, 0.4) is 0 Å². The number of rotatable bonds is 7. The predicted molar refractivity (Wildman–Crippen MR) is 102 cm³/mol. The zero-order valence-corrected chi connectivity index (χ0v) is 15.5. The van der Waals surface area contributed by atoms with Crippen LogP contribution in [-0.2, 0) is 4.79 Å². The summed E-state index contributed by atoms with van der Waals surface area (Å²) in [6.45, 7) is 4.50. The van der Waals surface area contributed by atoms with Crippen LogP contribution in [0.4, 0.5) is 5.69 Å². The molecule has 1 aliphatic rings. The Kier molecular flexibility index (Phi) is 6.44. The van der Waals surface area contributed by atoms with Crippen molar-refractivity contribution < 1.29 is 14.7 Å². The third kappa shape index (κ3) is 5.22. The van der Waals surface area contributed by atoms with E-state index in [0.717, 1.165) is 5.69 Å². The number of anilines is 1. The van der Waals surface area contributed by atoms with Crippen molar-refractivity contribution in [3.63, 3.8) is 0 Å². The lowest BCUT2D eigenvalue weighted by Crippen LogP contribution is -2.51. The molecule has 1 aromatic carbocycles. The summed E-state index contributed by atoms with van der Waals surface area (Å²) in [6, 6.07) is 7.82. The lowest BCUT2D eigenvalue weighted by atomic mass is 10.1. The fourth-order valence-electron chi connectivity index (χ4n) is 2.97. The number of hydrogen-bond acceptors (Lipinski definition) is 5. The van der Waals surface area contributed by atoms with E-state index in [2.05, 4.69) is 22.6 Å². The first kappa shape index (κ1) is 20.3. The molecule has 0 bridgehead atoms. The lowest BCUT2D eigenvalue weighted by Gasteiger charge is -2.30. The summed E-state index contributed by atoms with van der Waals surface area (Å²) < 4.78 is 0. The van der Waals surface area contributed by atoms with E-state index < -0.39 is 17.6 Å². The summed E-state index contributed by atoms with van der Waals surface area (Å²) in [6.07, 6.45) is 6.74. The number of hydrogen-bond donors (Lipinski definition) is 3. The third-order valence-corrected chi connectivity index (χ3v) is 4.60. The van der Waals surface area contributed by atoms with Crippen molar-refractivity contribution >= 4 is 17.6 Å². The van der Waals surface area contributed by atoms with E-state index in [-0.39, 0.29) is 24.1 Å². The number of amides is 1. The number of likely N-dealkylation sites (tertiary alicyclic amines) is 1. The molecule has 7 nitrogen and oxygen atoms in total. The van der Waals surface area contributed by atoms with Gasteiger partial charge in [-0.05, 0) is 51.0 Å². The second-order valence-corrected chi connectivity index (χ2v) is 7.18.